The highest BCUT2D eigenvalue weighted by molar-refractivity contribution is 9.10. The van der Waals surface area contributed by atoms with Crippen LogP contribution in [0.1, 0.15) is 37.5 Å². The number of halogens is 1. The largest absolute Gasteiger partial charge is 0.462 e. The molecule has 0 aliphatic rings. The van der Waals surface area contributed by atoms with Gasteiger partial charge >= 0.3 is 11.9 Å². The van der Waals surface area contributed by atoms with Gasteiger partial charge in [0.1, 0.15) is 5.69 Å². The summed E-state index contributed by atoms with van der Waals surface area (Å²) in [4.78, 5) is 48.1. The van der Waals surface area contributed by atoms with Crippen molar-refractivity contribution in [2.75, 3.05) is 6.61 Å². The van der Waals surface area contributed by atoms with Gasteiger partial charge in [0.25, 0.3) is 11.8 Å². The first-order valence-corrected chi connectivity index (χ1v) is 8.12. The summed E-state index contributed by atoms with van der Waals surface area (Å²) in [6.45, 7) is 3.95. The Hall–Kier alpha value is -2.55. The van der Waals surface area contributed by atoms with Gasteiger partial charge < -0.3 is 9.47 Å². The lowest BCUT2D eigenvalue weighted by Gasteiger charge is -2.18. The third-order valence-electron chi connectivity index (χ3n) is 3.20. The summed E-state index contributed by atoms with van der Waals surface area (Å²) in [5.41, 5.74) is -0.718. The molecule has 1 heterocycles. The molecule has 0 saturated carbocycles. The van der Waals surface area contributed by atoms with Gasteiger partial charge in [0.2, 0.25) is 0 Å². The average molecular weight is 411 g/mol. The number of ether oxygens (including phenoxy) is 2. The monoisotopic (exact) mass is 410 g/mol. The van der Waals surface area contributed by atoms with E-state index in [1.807, 2.05) is 0 Å². The van der Waals surface area contributed by atoms with Crippen LogP contribution in [0, 0.1) is 0 Å². The number of benzene rings is 1. The zero-order valence-corrected chi connectivity index (χ0v) is 15.3. The SMILES string of the molecule is CCOC(=O)C(OC(C)=O)n1nc(C(C)=O)c2cc(Br)ccc2c1=O. The Morgan fingerprint density at radius 1 is 1.24 bits per heavy atom. The van der Waals surface area contributed by atoms with Crippen LogP contribution in [-0.2, 0) is 19.1 Å². The van der Waals surface area contributed by atoms with Gasteiger partial charge in [-0.3, -0.25) is 14.4 Å². The van der Waals surface area contributed by atoms with Crippen LogP contribution >= 0.6 is 15.9 Å². The standard InChI is InChI=1S/C16H15BrN2O6/c1-4-24-16(23)15(25-9(3)21)19-14(22)11-6-5-10(17)7-12(11)13(18-19)8(2)20/h5-7,15H,4H2,1-3H3. The van der Waals surface area contributed by atoms with E-state index in [2.05, 4.69) is 21.0 Å². The average Bonchev–Trinajstić information content (AvgIpc) is 2.53. The van der Waals surface area contributed by atoms with Gasteiger partial charge in [-0.1, -0.05) is 15.9 Å². The molecule has 0 spiro atoms. The molecule has 2 aromatic rings. The lowest BCUT2D eigenvalue weighted by Crippen LogP contribution is -2.36. The number of fused-ring (bicyclic) bond motifs is 1. The number of nitrogens with zero attached hydrogens (tertiary/aromatic N) is 2. The number of hydrogen-bond donors (Lipinski definition) is 0. The number of rotatable bonds is 5. The van der Waals surface area contributed by atoms with E-state index in [1.165, 1.54) is 13.0 Å². The minimum atomic E-state index is -1.71. The molecule has 0 fully saturated rings. The van der Waals surface area contributed by atoms with Crippen LogP contribution in [0.4, 0.5) is 0 Å². The number of esters is 2. The predicted octanol–water partition coefficient (Wildman–Crippen LogP) is 1.99. The smallest absolute Gasteiger partial charge is 0.371 e. The molecule has 1 atom stereocenters. The molecule has 1 aromatic heterocycles. The van der Waals surface area contributed by atoms with Crippen LogP contribution in [0.3, 0.4) is 0 Å². The Morgan fingerprint density at radius 3 is 2.48 bits per heavy atom. The van der Waals surface area contributed by atoms with Crippen molar-refractivity contribution in [1.82, 2.24) is 9.78 Å². The van der Waals surface area contributed by atoms with Gasteiger partial charge in [-0.05, 0) is 25.1 Å². The summed E-state index contributed by atoms with van der Waals surface area (Å²) in [6.07, 6.45) is -1.71. The molecule has 0 radical (unpaired) electrons. The third kappa shape index (κ3) is 3.93. The van der Waals surface area contributed by atoms with Crippen molar-refractivity contribution in [2.45, 2.75) is 27.0 Å². The van der Waals surface area contributed by atoms with Gasteiger partial charge in [-0.2, -0.15) is 9.78 Å². The van der Waals surface area contributed by atoms with E-state index in [9.17, 15) is 19.2 Å². The Labute approximate surface area is 150 Å². The maximum Gasteiger partial charge on any atom is 0.371 e. The number of hydrogen-bond acceptors (Lipinski definition) is 7. The molecule has 0 aliphatic carbocycles. The van der Waals surface area contributed by atoms with Crippen LogP contribution in [0.5, 0.6) is 0 Å². The fourth-order valence-electron chi connectivity index (χ4n) is 2.22. The molecule has 0 bridgehead atoms. The molecule has 0 saturated heterocycles. The maximum absolute atomic E-state index is 12.7. The van der Waals surface area contributed by atoms with Crippen molar-refractivity contribution in [2.24, 2.45) is 0 Å². The second-order valence-corrected chi connectivity index (χ2v) is 5.97. The first kappa shape index (κ1) is 18.8. The quantitative estimate of drug-likeness (QED) is 0.547. The number of aromatic nitrogens is 2. The second-order valence-electron chi connectivity index (χ2n) is 5.06. The molecule has 9 heteroatoms. The molecule has 1 aromatic carbocycles. The number of carbonyl (C=O) groups excluding carboxylic acids is 3. The zero-order chi connectivity index (χ0) is 18.7. The lowest BCUT2D eigenvalue weighted by molar-refractivity contribution is -0.174. The van der Waals surface area contributed by atoms with E-state index in [0.717, 1.165) is 6.92 Å². The van der Waals surface area contributed by atoms with Crippen molar-refractivity contribution in [1.29, 1.82) is 0 Å². The van der Waals surface area contributed by atoms with Gasteiger partial charge in [0, 0.05) is 23.7 Å². The molecule has 0 N–H and O–H groups in total. The number of ketones is 1. The van der Waals surface area contributed by atoms with Crippen molar-refractivity contribution in [3.8, 4) is 0 Å². The highest BCUT2D eigenvalue weighted by Gasteiger charge is 2.29. The molecule has 0 aliphatic heterocycles. The molecule has 2 rings (SSSR count). The number of Topliss-reactive ketones (excluding diaryl/α,β-unsaturated/α-hetero) is 1. The third-order valence-corrected chi connectivity index (χ3v) is 3.70. The molecular weight excluding hydrogens is 396 g/mol. The summed E-state index contributed by atoms with van der Waals surface area (Å²) in [6, 6.07) is 4.68. The topological polar surface area (TPSA) is 105 Å². The van der Waals surface area contributed by atoms with E-state index in [0.29, 0.717) is 14.5 Å². The Kier molecular flexibility index (Phi) is 5.68. The predicted molar refractivity (Wildman–Crippen MR) is 91.1 cm³/mol. The summed E-state index contributed by atoms with van der Waals surface area (Å²) in [5, 5.41) is 4.44. The molecule has 0 amide bonds. The maximum atomic E-state index is 12.7. The summed E-state index contributed by atoms with van der Waals surface area (Å²) in [5.74, 6) is -2.17. The van der Waals surface area contributed by atoms with Gasteiger partial charge in [-0.25, -0.2) is 4.79 Å². The van der Waals surface area contributed by atoms with Crippen LogP contribution in [0.25, 0.3) is 10.8 Å². The summed E-state index contributed by atoms with van der Waals surface area (Å²) < 4.78 is 11.1. The minimum absolute atomic E-state index is 0.0193. The zero-order valence-electron chi connectivity index (χ0n) is 13.7. The van der Waals surface area contributed by atoms with Gasteiger partial charge in [0.15, 0.2) is 5.78 Å². The Bertz CT molecular complexity index is 921. The molecular formula is C16H15BrN2O6. The first-order chi connectivity index (χ1) is 11.8. The summed E-state index contributed by atoms with van der Waals surface area (Å²) >= 11 is 3.27. The Balaban J connectivity index is 2.78. The minimum Gasteiger partial charge on any atom is -0.462 e. The first-order valence-electron chi connectivity index (χ1n) is 7.33. The van der Waals surface area contributed by atoms with Crippen LogP contribution in [-0.4, -0.2) is 34.1 Å². The lowest BCUT2D eigenvalue weighted by atomic mass is 10.1. The van der Waals surface area contributed by atoms with Gasteiger partial charge in [-0.15, -0.1) is 0 Å². The van der Waals surface area contributed by atoms with E-state index >= 15 is 0 Å². The molecule has 1 unspecified atom stereocenters. The van der Waals surface area contributed by atoms with Crippen LogP contribution in [0.2, 0.25) is 0 Å². The van der Waals surface area contributed by atoms with E-state index in [-0.39, 0.29) is 17.7 Å². The fraction of sp³-hybridized carbons (Fsp3) is 0.312. The van der Waals surface area contributed by atoms with Crippen molar-refractivity contribution in [3.63, 3.8) is 0 Å². The molecule has 132 valence electrons. The molecule has 25 heavy (non-hydrogen) atoms. The highest BCUT2D eigenvalue weighted by atomic mass is 79.9. The summed E-state index contributed by atoms with van der Waals surface area (Å²) in [7, 11) is 0. The fourth-order valence-corrected chi connectivity index (χ4v) is 2.58. The normalized spacial score (nSPS) is 11.8. The van der Waals surface area contributed by atoms with E-state index in [1.54, 1.807) is 19.1 Å². The number of carbonyl (C=O) groups is 3. The molecule has 8 nitrogen and oxygen atoms in total. The highest BCUT2D eigenvalue weighted by Crippen LogP contribution is 2.21. The van der Waals surface area contributed by atoms with Crippen molar-refractivity contribution < 1.29 is 23.9 Å². The van der Waals surface area contributed by atoms with Crippen molar-refractivity contribution in [3.05, 3.63) is 38.7 Å². The van der Waals surface area contributed by atoms with Crippen LogP contribution < -0.4 is 5.56 Å². The van der Waals surface area contributed by atoms with E-state index in [4.69, 9.17) is 9.47 Å². The van der Waals surface area contributed by atoms with Crippen molar-refractivity contribution >= 4 is 44.4 Å². The van der Waals surface area contributed by atoms with Crippen LogP contribution in [0.15, 0.2) is 27.5 Å². The Morgan fingerprint density at radius 2 is 1.92 bits per heavy atom. The van der Waals surface area contributed by atoms with Gasteiger partial charge in [0.05, 0.1) is 12.0 Å². The van der Waals surface area contributed by atoms with E-state index < -0.39 is 29.5 Å². The second kappa shape index (κ2) is 7.56.